The van der Waals surface area contributed by atoms with Gasteiger partial charge in [-0.1, -0.05) is 52.7 Å². The van der Waals surface area contributed by atoms with E-state index < -0.39 is 5.97 Å². The zero-order valence-electron chi connectivity index (χ0n) is 14.1. The molecule has 0 atom stereocenters. The lowest BCUT2D eigenvalue weighted by Gasteiger charge is -2.06. The average Bonchev–Trinajstić information content (AvgIpc) is 3.29. The third kappa shape index (κ3) is 3.20. The van der Waals surface area contributed by atoms with Crippen molar-refractivity contribution in [3.63, 3.8) is 0 Å². The van der Waals surface area contributed by atoms with E-state index in [1.54, 1.807) is 24.3 Å². The summed E-state index contributed by atoms with van der Waals surface area (Å²) in [5.74, 6) is -0.621. The van der Waals surface area contributed by atoms with E-state index in [1.165, 1.54) is 10.7 Å². The lowest BCUT2D eigenvalue weighted by Crippen LogP contribution is -2.03. The van der Waals surface area contributed by atoms with Gasteiger partial charge in [0.1, 0.15) is 5.69 Å². The van der Waals surface area contributed by atoms with Crippen molar-refractivity contribution in [1.29, 1.82) is 0 Å². The number of hydrogen-bond acceptors (Lipinski definition) is 5. The Kier molecular flexibility index (Phi) is 4.21. The van der Waals surface area contributed by atoms with E-state index in [1.807, 2.05) is 31.2 Å². The highest BCUT2D eigenvalue weighted by Crippen LogP contribution is 2.28. The van der Waals surface area contributed by atoms with Crippen LogP contribution in [-0.4, -0.2) is 31.0 Å². The molecule has 4 aromatic rings. The van der Waals surface area contributed by atoms with E-state index in [9.17, 15) is 9.90 Å². The Hall–Kier alpha value is -3.45. The minimum atomic E-state index is -1.17. The van der Waals surface area contributed by atoms with Crippen molar-refractivity contribution in [2.45, 2.75) is 6.92 Å². The maximum atomic E-state index is 11.4. The van der Waals surface area contributed by atoms with Crippen molar-refractivity contribution >= 4 is 17.6 Å². The molecule has 0 bridgehead atoms. The molecule has 1 N–H and O–H groups in total. The summed E-state index contributed by atoms with van der Waals surface area (Å²) in [5, 5.41) is 17.9. The van der Waals surface area contributed by atoms with Crippen LogP contribution in [0.2, 0.25) is 5.02 Å². The molecule has 0 aliphatic heterocycles. The van der Waals surface area contributed by atoms with Gasteiger partial charge >= 0.3 is 5.97 Å². The number of rotatable bonds is 4. The Morgan fingerprint density at radius 1 is 1.15 bits per heavy atom. The molecule has 27 heavy (non-hydrogen) atoms. The summed E-state index contributed by atoms with van der Waals surface area (Å²) in [7, 11) is 0. The Labute approximate surface area is 158 Å². The first-order valence-electron chi connectivity index (χ1n) is 8.02. The molecule has 0 unspecified atom stereocenters. The molecule has 7 nitrogen and oxygen atoms in total. The van der Waals surface area contributed by atoms with Crippen molar-refractivity contribution in [1.82, 2.24) is 19.9 Å². The second-order valence-electron chi connectivity index (χ2n) is 5.88. The first-order valence-corrected chi connectivity index (χ1v) is 8.40. The van der Waals surface area contributed by atoms with Gasteiger partial charge in [-0.25, -0.2) is 9.48 Å². The minimum absolute atomic E-state index is 0.145. The molecule has 2 aromatic heterocycles. The lowest BCUT2D eigenvalue weighted by molar-refractivity contribution is 0.0690. The molecule has 0 radical (unpaired) electrons. The van der Waals surface area contributed by atoms with E-state index in [2.05, 4.69) is 15.2 Å². The number of aromatic carboxylic acids is 1. The van der Waals surface area contributed by atoms with Crippen LogP contribution >= 0.6 is 11.6 Å². The highest BCUT2D eigenvalue weighted by molar-refractivity contribution is 6.32. The summed E-state index contributed by atoms with van der Waals surface area (Å²) >= 11 is 6.25. The van der Waals surface area contributed by atoms with Crippen LogP contribution in [0.25, 0.3) is 28.7 Å². The van der Waals surface area contributed by atoms with Crippen molar-refractivity contribution in [3.05, 3.63) is 70.9 Å². The summed E-state index contributed by atoms with van der Waals surface area (Å²) in [4.78, 5) is 15.8. The number of para-hydroxylation sites is 1. The van der Waals surface area contributed by atoms with Crippen LogP contribution in [-0.2, 0) is 0 Å². The van der Waals surface area contributed by atoms with Crippen LogP contribution in [0.4, 0.5) is 0 Å². The summed E-state index contributed by atoms with van der Waals surface area (Å²) in [6.07, 6.45) is 0. The predicted molar refractivity (Wildman–Crippen MR) is 99.0 cm³/mol. The monoisotopic (exact) mass is 380 g/mol. The molecule has 0 amide bonds. The predicted octanol–water partition coefficient (Wildman–Crippen LogP) is 4.25. The second kappa shape index (κ2) is 6.69. The topological polar surface area (TPSA) is 94.0 Å². The SMILES string of the molecule is Cc1cccc(-c2noc(-c3cc(C(=O)O)nn3-c3ccccc3Cl)n2)c1. The highest BCUT2D eigenvalue weighted by Gasteiger charge is 2.22. The third-order valence-corrected chi connectivity index (χ3v) is 4.25. The molecule has 0 saturated carbocycles. The van der Waals surface area contributed by atoms with Crippen LogP contribution in [0.3, 0.4) is 0 Å². The molecule has 134 valence electrons. The maximum absolute atomic E-state index is 11.4. The molecule has 2 aromatic carbocycles. The molecule has 2 heterocycles. The van der Waals surface area contributed by atoms with Crippen molar-refractivity contribution in [3.8, 4) is 28.7 Å². The zero-order chi connectivity index (χ0) is 19.0. The number of aromatic nitrogens is 4. The number of aryl methyl sites for hydroxylation is 1. The van der Waals surface area contributed by atoms with Gasteiger partial charge in [0.05, 0.1) is 10.7 Å². The summed E-state index contributed by atoms with van der Waals surface area (Å²) in [6.45, 7) is 1.97. The molecule has 0 aliphatic carbocycles. The fourth-order valence-corrected chi connectivity index (χ4v) is 2.89. The number of carboxylic acids is 1. The zero-order valence-corrected chi connectivity index (χ0v) is 14.9. The first kappa shape index (κ1) is 17.0. The van der Waals surface area contributed by atoms with Gasteiger partial charge in [0.15, 0.2) is 5.69 Å². The number of carboxylic acid groups (broad SMARTS) is 1. The molecular weight excluding hydrogens is 368 g/mol. The van der Waals surface area contributed by atoms with Crippen LogP contribution in [0.5, 0.6) is 0 Å². The van der Waals surface area contributed by atoms with Crippen molar-refractivity contribution in [2.75, 3.05) is 0 Å². The van der Waals surface area contributed by atoms with Gasteiger partial charge in [0.2, 0.25) is 5.82 Å². The molecule has 0 saturated heterocycles. The molecule has 0 fully saturated rings. The van der Waals surface area contributed by atoms with Crippen LogP contribution in [0.15, 0.2) is 59.1 Å². The van der Waals surface area contributed by atoms with Gasteiger partial charge in [-0.2, -0.15) is 10.1 Å². The molecular formula is C19H13ClN4O3. The number of carbonyl (C=O) groups is 1. The number of halogens is 1. The minimum Gasteiger partial charge on any atom is -0.476 e. The van der Waals surface area contributed by atoms with Gasteiger partial charge in [-0.05, 0) is 25.1 Å². The Morgan fingerprint density at radius 2 is 1.96 bits per heavy atom. The van der Waals surface area contributed by atoms with Crippen molar-refractivity contribution < 1.29 is 14.4 Å². The first-order chi connectivity index (χ1) is 13.0. The molecule has 0 aliphatic rings. The quantitative estimate of drug-likeness (QED) is 0.568. The number of hydrogen-bond donors (Lipinski definition) is 1. The third-order valence-electron chi connectivity index (χ3n) is 3.93. The van der Waals surface area contributed by atoms with Gasteiger partial charge in [0, 0.05) is 11.6 Å². The van der Waals surface area contributed by atoms with E-state index in [0.717, 1.165) is 11.1 Å². The normalized spacial score (nSPS) is 10.9. The van der Waals surface area contributed by atoms with Gasteiger partial charge in [-0.3, -0.25) is 0 Å². The van der Waals surface area contributed by atoms with E-state index in [0.29, 0.717) is 22.2 Å². The van der Waals surface area contributed by atoms with Crippen LogP contribution in [0, 0.1) is 6.92 Å². The van der Waals surface area contributed by atoms with E-state index in [4.69, 9.17) is 16.1 Å². The standard InChI is InChI=1S/C19H13ClN4O3/c1-11-5-4-6-12(9-11)17-21-18(27-23-17)16-10-14(19(25)26)22-24(16)15-8-3-2-7-13(15)20/h2-10H,1H3,(H,25,26). The molecule has 8 heteroatoms. The Bertz CT molecular complexity index is 1150. The fourth-order valence-electron chi connectivity index (χ4n) is 2.67. The second-order valence-corrected chi connectivity index (χ2v) is 6.28. The van der Waals surface area contributed by atoms with Gasteiger partial charge in [0.25, 0.3) is 5.89 Å². The van der Waals surface area contributed by atoms with Gasteiger partial charge in [-0.15, -0.1) is 0 Å². The summed E-state index contributed by atoms with van der Waals surface area (Å²) in [6, 6.07) is 16.0. The highest BCUT2D eigenvalue weighted by atomic mass is 35.5. The average molecular weight is 381 g/mol. The van der Waals surface area contributed by atoms with Crippen LogP contribution in [0.1, 0.15) is 16.1 Å². The summed E-state index contributed by atoms with van der Waals surface area (Å²) in [5.41, 5.74) is 2.56. The summed E-state index contributed by atoms with van der Waals surface area (Å²) < 4.78 is 6.77. The lowest BCUT2D eigenvalue weighted by atomic mass is 10.1. The smallest absolute Gasteiger partial charge is 0.356 e. The van der Waals surface area contributed by atoms with E-state index in [-0.39, 0.29) is 11.6 Å². The van der Waals surface area contributed by atoms with Crippen LogP contribution < -0.4 is 0 Å². The van der Waals surface area contributed by atoms with E-state index >= 15 is 0 Å². The number of nitrogens with zero attached hydrogens (tertiary/aromatic N) is 4. The number of benzene rings is 2. The molecule has 4 rings (SSSR count). The Balaban J connectivity index is 1.85. The fraction of sp³-hybridized carbons (Fsp3) is 0.0526. The largest absolute Gasteiger partial charge is 0.476 e. The van der Waals surface area contributed by atoms with Crippen molar-refractivity contribution in [2.24, 2.45) is 0 Å². The Morgan fingerprint density at radius 3 is 2.70 bits per heavy atom. The molecule has 0 spiro atoms. The van der Waals surface area contributed by atoms with Gasteiger partial charge < -0.3 is 9.63 Å². The maximum Gasteiger partial charge on any atom is 0.356 e.